The highest BCUT2D eigenvalue weighted by Gasteiger charge is 2.12. The number of rotatable bonds is 4. The van der Waals surface area contributed by atoms with Crippen LogP contribution < -0.4 is 0 Å². The smallest absolute Gasteiger partial charge is 0.325 e. The first kappa shape index (κ1) is 11.9. The van der Waals surface area contributed by atoms with Gasteiger partial charge in [-0.1, -0.05) is 6.92 Å². The summed E-state index contributed by atoms with van der Waals surface area (Å²) in [5, 5.41) is 0.0516. The number of esters is 1. The van der Waals surface area contributed by atoms with Gasteiger partial charge in [-0.25, -0.2) is 9.19 Å². The maximum absolute atomic E-state index is 11.0. The first-order valence-corrected chi connectivity index (χ1v) is 5.42. The van der Waals surface area contributed by atoms with Crippen molar-refractivity contribution in [3.8, 4) is 0 Å². The maximum atomic E-state index is 11.0. The van der Waals surface area contributed by atoms with E-state index in [4.69, 9.17) is 4.55 Å². The van der Waals surface area contributed by atoms with E-state index in [1.54, 1.807) is 0 Å². The Labute approximate surface area is 89.5 Å². The largest absolute Gasteiger partial charge is 0.468 e. The molecule has 1 aromatic heterocycles. The second kappa shape index (κ2) is 5.04. The second-order valence-electron chi connectivity index (χ2n) is 2.80. The Hall–Kier alpha value is -1.21. The van der Waals surface area contributed by atoms with Crippen LogP contribution in [0.1, 0.15) is 12.7 Å². The average molecular weight is 232 g/mol. The zero-order chi connectivity index (χ0) is 11.4. The summed E-state index contributed by atoms with van der Waals surface area (Å²) >= 11 is -2.12. The van der Waals surface area contributed by atoms with Crippen LogP contribution in [0.25, 0.3) is 0 Å². The highest BCUT2D eigenvalue weighted by Crippen LogP contribution is 2.07. The molecule has 1 rings (SSSR count). The van der Waals surface area contributed by atoms with Gasteiger partial charge in [-0.2, -0.15) is 0 Å². The van der Waals surface area contributed by atoms with E-state index < -0.39 is 17.0 Å². The Morgan fingerprint density at radius 2 is 2.40 bits per heavy atom. The molecule has 0 radical (unpaired) electrons. The Balaban J connectivity index is 2.95. The molecular formula is C8H12N2O4S. The van der Waals surface area contributed by atoms with Crippen LogP contribution in [0.3, 0.4) is 0 Å². The molecule has 0 spiro atoms. The molecule has 0 saturated heterocycles. The van der Waals surface area contributed by atoms with Crippen molar-refractivity contribution in [1.29, 1.82) is 0 Å². The van der Waals surface area contributed by atoms with Gasteiger partial charge >= 0.3 is 5.97 Å². The molecule has 15 heavy (non-hydrogen) atoms. The maximum Gasteiger partial charge on any atom is 0.325 e. The lowest BCUT2D eigenvalue weighted by Crippen LogP contribution is -2.12. The third kappa shape index (κ3) is 2.87. The number of aromatic nitrogens is 2. The fourth-order valence-electron chi connectivity index (χ4n) is 1.13. The number of aryl methyl sites for hydroxylation is 1. The summed E-state index contributed by atoms with van der Waals surface area (Å²) in [6.45, 7) is 1.85. The zero-order valence-corrected chi connectivity index (χ0v) is 9.28. The summed E-state index contributed by atoms with van der Waals surface area (Å²) < 4.78 is 25.6. The van der Waals surface area contributed by atoms with Crippen molar-refractivity contribution < 1.29 is 18.3 Å². The molecule has 0 aliphatic rings. The summed E-state index contributed by atoms with van der Waals surface area (Å²) in [6, 6.07) is 0. The molecule has 1 aromatic rings. The van der Waals surface area contributed by atoms with Gasteiger partial charge in [0.15, 0.2) is 5.03 Å². The van der Waals surface area contributed by atoms with Gasteiger partial charge in [0.1, 0.15) is 12.4 Å². The molecule has 0 aliphatic carbocycles. The molecule has 0 aliphatic heterocycles. The fraction of sp³-hybridized carbons (Fsp3) is 0.500. The lowest BCUT2D eigenvalue weighted by Gasteiger charge is -2.03. The van der Waals surface area contributed by atoms with Crippen molar-refractivity contribution in [3.63, 3.8) is 0 Å². The number of hydrogen-bond donors (Lipinski definition) is 1. The molecular weight excluding hydrogens is 220 g/mol. The molecule has 84 valence electrons. The minimum Gasteiger partial charge on any atom is -0.468 e. The molecule has 6 nitrogen and oxygen atoms in total. The van der Waals surface area contributed by atoms with Gasteiger partial charge in [-0.05, 0) is 0 Å². The normalized spacial score (nSPS) is 12.5. The summed E-state index contributed by atoms with van der Waals surface area (Å²) in [5.74, 6) is 0.162. The lowest BCUT2D eigenvalue weighted by atomic mass is 10.4. The number of ether oxygens (including phenoxy) is 1. The highest BCUT2D eigenvalue weighted by molar-refractivity contribution is 7.79. The van der Waals surface area contributed by atoms with E-state index in [1.807, 2.05) is 6.92 Å². The van der Waals surface area contributed by atoms with Crippen LogP contribution in [0.4, 0.5) is 0 Å². The molecule has 0 amide bonds. The van der Waals surface area contributed by atoms with E-state index >= 15 is 0 Å². The van der Waals surface area contributed by atoms with E-state index in [2.05, 4.69) is 9.72 Å². The quantitative estimate of drug-likeness (QED) is 0.592. The van der Waals surface area contributed by atoms with Crippen LogP contribution in [-0.4, -0.2) is 31.4 Å². The van der Waals surface area contributed by atoms with Crippen LogP contribution >= 0.6 is 0 Å². The molecule has 1 atom stereocenters. The summed E-state index contributed by atoms with van der Waals surface area (Å²) in [7, 11) is 1.29. The Morgan fingerprint density at radius 3 is 2.87 bits per heavy atom. The highest BCUT2D eigenvalue weighted by atomic mass is 32.2. The van der Waals surface area contributed by atoms with Crippen molar-refractivity contribution in [2.75, 3.05) is 7.11 Å². The molecule has 1 heterocycles. The van der Waals surface area contributed by atoms with Gasteiger partial charge in [-0.15, -0.1) is 0 Å². The van der Waals surface area contributed by atoms with Crippen molar-refractivity contribution in [2.45, 2.75) is 24.9 Å². The number of hydrogen-bond acceptors (Lipinski definition) is 4. The van der Waals surface area contributed by atoms with E-state index in [-0.39, 0.29) is 11.6 Å². The molecule has 0 bridgehead atoms. The van der Waals surface area contributed by atoms with E-state index in [0.29, 0.717) is 12.2 Å². The third-order valence-electron chi connectivity index (χ3n) is 1.86. The number of methoxy groups -OCH3 is 1. The SMILES string of the molecule is CCc1nc(S(=O)O)cn1CC(=O)OC. The topological polar surface area (TPSA) is 81.4 Å². The molecule has 0 aromatic carbocycles. The number of nitrogens with zero attached hydrogens (tertiary/aromatic N) is 2. The van der Waals surface area contributed by atoms with Crippen LogP contribution in [-0.2, 0) is 33.6 Å². The van der Waals surface area contributed by atoms with Gasteiger partial charge in [0, 0.05) is 12.6 Å². The van der Waals surface area contributed by atoms with Gasteiger partial charge in [-0.3, -0.25) is 4.79 Å². The standard InChI is InChI=1S/C8H12N2O4S/c1-3-6-9-7(15(12)13)4-10(6)5-8(11)14-2/h4H,3,5H2,1-2H3,(H,12,13). The predicted octanol–water partition coefficient (Wildman–Crippen LogP) is 0.199. The minimum absolute atomic E-state index is 0.00384. The molecule has 1 unspecified atom stereocenters. The summed E-state index contributed by atoms with van der Waals surface area (Å²) in [6.07, 6.45) is 1.96. The Bertz CT molecular complexity index is 388. The fourth-order valence-corrected chi connectivity index (χ4v) is 1.54. The van der Waals surface area contributed by atoms with Crippen LogP contribution in [0, 0.1) is 0 Å². The van der Waals surface area contributed by atoms with Crippen molar-refractivity contribution in [1.82, 2.24) is 9.55 Å². The summed E-state index contributed by atoms with van der Waals surface area (Å²) in [4.78, 5) is 14.9. The van der Waals surface area contributed by atoms with E-state index in [0.717, 1.165) is 0 Å². The van der Waals surface area contributed by atoms with E-state index in [1.165, 1.54) is 17.9 Å². The second-order valence-corrected chi connectivity index (χ2v) is 3.72. The number of carbonyl (C=O) groups excluding carboxylic acids is 1. The lowest BCUT2D eigenvalue weighted by molar-refractivity contribution is -0.141. The Kier molecular flexibility index (Phi) is 3.98. The third-order valence-corrected chi connectivity index (χ3v) is 2.41. The van der Waals surface area contributed by atoms with Crippen LogP contribution in [0.5, 0.6) is 0 Å². The number of imidazole rings is 1. The van der Waals surface area contributed by atoms with Crippen LogP contribution in [0.15, 0.2) is 11.2 Å². The Morgan fingerprint density at radius 1 is 1.73 bits per heavy atom. The molecule has 1 N–H and O–H groups in total. The zero-order valence-electron chi connectivity index (χ0n) is 8.47. The summed E-state index contributed by atoms with van der Waals surface area (Å²) in [5.41, 5.74) is 0. The molecule has 0 saturated carbocycles. The van der Waals surface area contributed by atoms with Crippen molar-refractivity contribution in [3.05, 3.63) is 12.0 Å². The molecule has 7 heteroatoms. The van der Waals surface area contributed by atoms with Crippen molar-refractivity contribution >= 4 is 17.0 Å². The average Bonchev–Trinajstić information content (AvgIpc) is 2.61. The van der Waals surface area contributed by atoms with Gasteiger partial charge in [0.25, 0.3) is 0 Å². The van der Waals surface area contributed by atoms with Crippen molar-refractivity contribution in [2.24, 2.45) is 0 Å². The first-order valence-electron chi connectivity index (χ1n) is 4.32. The first-order chi connectivity index (χ1) is 7.08. The monoisotopic (exact) mass is 232 g/mol. The van der Waals surface area contributed by atoms with Gasteiger partial charge in [0.2, 0.25) is 11.1 Å². The van der Waals surface area contributed by atoms with Gasteiger partial charge in [0.05, 0.1) is 7.11 Å². The molecule has 0 fully saturated rings. The predicted molar refractivity (Wildman–Crippen MR) is 52.7 cm³/mol. The van der Waals surface area contributed by atoms with E-state index in [9.17, 15) is 9.00 Å². The number of carbonyl (C=O) groups is 1. The van der Waals surface area contributed by atoms with Crippen LogP contribution in [0.2, 0.25) is 0 Å². The minimum atomic E-state index is -2.12. The van der Waals surface area contributed by atoms with Gasteiger partial charge < -0.3 is 13.9 Å².